The molecule has 8 heteroatoms. The summed E-state index contributed by atoms with van der Waals surface area (Å²) in [4.78, 5) is 16.4. The predicted octanol–water partition coefficient (Wildman–Crippen LogP) is 2.65. The van der Waals surface area contributed by atoms with Gasteiger partial charge in [0.05, 0.1) is 13.0 Å². The highest BCUT2D eigenvalue weighted by Gasteiger charge is 2.08. The molecule has 30 heavy (non-hydrogen) atoms. The molecule has 0 radical (unpaired) electrons. The van der Waals surface area contributed by atoms with Gasteiger partial charge in [-0.05, 0) is 43.7 Å². The van der Waals surface area contributed by atoms with Gasteiger partial charge in [-0.3, -0.25) is 4.79 Å². The van der Waals surface area contributed by atoms with E-state index in [0.717, 1.165) is 0 Å². The van der Waals surface area contributed by atoms with E-state index in [1.807, 2.05) is 13.8 Å². The number of guanidine groups is 1. The fourth-order valence-corrected chi connectivity index (χ4v) is 2.63. The number of nitrogens with one attached hydrogen (secondary N) is 3. The van der Waals surface area contributed by atoms with Crippen LogP contribution >= 0.6 is 0 Å². The van der Waals surface area contributed by atoms with Crippen molar-refractivity contribution in [3.05, 3.63) is 65.7 Å². The Hall–Kier alpha value is -3.16. The molecule has 2 aromatic rings. The second-order valence-electron chi connectivity index (χ2n) is 6.66. The van der Waals surface area contributed by atoms with Crippen LogP contribution < -0.4 is 20.7 Å². The largest absolute Gasteiger partial charge is 0.486 e. The third kappa shape index (κ3) is 8.46. The average molecular weight is 418 g/mol. The first kappa shape index (κ1) is 23.1. The van der Waals surface area contributed by atoms with Crippen LogP contribution in [0.4, 0.5) is 8.78 Å². The van der Waals surface area contributed by atoms with Gasteiger partial charge < -0.3 is 20.7 Å². The van der Waals surface area contributed by atoms with Crippen molar-refractivity contribution >= 4 is 11.9 Å². The Labute approximate surface area is 175 Å². The zero-order chi connectivity index (χ0) is 21.8. The normalized spacial score (nSPS) is 12.2. The lowest BCUT2D eigenvalue weighted by Crippen LogP contribution is -2.42. The summed E-state index contributed by atoms with van der Waals surface area (Å²) < 4.78 is 32.4. The first-order chi connectivity index (χ1) is 14.5. The number of nitrogens with zero attached hydrogens (tertiary/aromatic N) is 1. The number of carbonyl (C=O) groups excluding carboxylic acids is 1. The van der Waals surface area contributed by atoms with E-state index in [1.54, 1.807) is 30.3 Å². The minimum atomic E-state index is -0.410. The van der Waals surface area contributed by atoms with E-state index in [1.165, 1.54) is 18.2 Å². The zero-order valence-corrected chi connectivity index (χ0v) is 17.3. The molecule has 0 aliphatic carbocycles. The highest BCUT2D eigenvalue weighted by molar-refractivity contribution is 5.80. The van der Waals surface area contributed by atoms with Crippen LogP contribution in [0.5, 0.6) is 5.75 Å². The third-order valence-corrected chi connectivity index (χ3v) is 4.01. The van der Waals surface area contributed by atoms with Crippen molar-refractivity contribution in [2.75, 3.05) is 26.2 Å². The summed E-state index contributed by atoms with van der Waals surface area (Å²) in [6.07, 6.45) is -0.195. The van der Waals surface area contributed by atoms with Crippen molar-refractivity contribution in [1.29, 1.82) is 0 Å². The SMILES string of the molecule is CCNC(=NCC(C)Oc1ccccc1F)NCCNC(=O)Cc1cccc(F)c1. The lowest BCUT2D eigenvalue weighted by atomic mass is 10.1. The van der Waals surface area contributed by atoms with E-state index in [0.29, 0.717) is 37.7 Å². The van der Waals surface area contributed by atoms with Gasteiger partial charge in [0, 0.05) is 19.6 Å². The smallest absolute Gasteiger partial charge is 0.224 e. The van der Waals surface area contributed by atoms with E-state index in [-0.39, 0.29) is 30.0 Å². The molecule has 0 heterocycles. The number of amides is 1. The van der Waals surface area contributed by atoms with Crippen LogP contribution in [0.25, 0.3) is 0 Å². The number of ether oxygens (including phenoxy) is 1. The fourth-order valence-electron chi connectivity index (χ4n) is 2.63. The quantitative estimate of drug-likeness (QED) is 0.315. The van der Waals surface area contributed by atoms with Gasteiger partial charge in [0.1, 0.15) is 11.9 Å². The number of benzene rings is 2. The zero-order valence-electron chi connectivity index (χ0n) is 17.3. The molecular formula is C22H28F2N4O2. The number of hydrogen-bond acceptors (Lipinski definition) is 3. The second-order valence-corrected chi connectivity index (χ2v) is 6.66. The number of carbonyl (C=O) groups is 1. The summed E-state index contributed by atoms with van der Waals surface area (Å²) in [6, 6.07) is 12.2. The van der Waals surface area contributed by atoms with Crippen molar-refractivity contribution < 1.29 is 18.3 Å². The Morgan fingerprint density at radius 1 is 1.07 bits per heavy atom. The van der Waals surface area contributed by atoms with Gasteiger partial charge in [0.25, 0.3) is 0 Å². The third-order valence-electron chi connectivity index (χ3n) is 4.01. The molecule has 0 fully saturated rings. The molecule has 6 nitrogen and oxygen atoms in total. The van der Waals surface area contributed by atoms with E-state index in [4.69, 9.17) is 4.74 Å². The van der Waals surface area contributed by atoms with Crippen LogP contribution in [0.1, 0.15) is 19.4 Å². The molecule has 1 unspecified atom stereocenters. The van der Waals surface area contributed by atoms with Gasteiger partial charge in [0.15, 0.2) is 17.5 Å². The van der Waals surface area contributed by atoms with E-state index < -0.39 is 5.82 Å². The number of hydrogen-bond donors (Lipinski definition) is 3. The van der Waals surface area contributed by atoms with E-state index in [9.17, 15) is 13.6 Å². The van der Waals surface area contributed by atoms with Crippen molar-refractivity contribution in [1.82, 2.24) is 16.0 Å². The standard InChI is InChI=1S/C22H28F2N4O2/c1-3-25-22(28-15-16(2)30-20-10-5-4-9-19(20)24)27-12-11-26-21(29)14-17-7-6-8-18(23)13-17/h4-10,13,16H,3,11-12,14-15H2,1-2H3,(H,26,29)(H2,25,27,28). The summed E-state index contributed by atoms with van der Waals surface area (Å²) in [7, 11) is 0. The highest BCUT2D eigenvalue weighted by atomic mass is 19.1. The van der Waals surface area contributed by atoms with Crippen molar-refractivity contribution in [3.63, 3.8) is 0 Å². The lowest BCUT2D eigenvalue weighted by molar-refractivity contribution is -0.120. The summed E-state index contributed by atoms with van der Waals surface area (Å²) in [5.74, 6) is -0.190. The van der Waals surface area contributed by atoms with Crippen LogP contribution in [-0.2, 0) is 11.2 Å². The molecule has 162 valence electrons. The Bertz CT molecular complexity index is 845. The minimum absolute atomic E-state index is 0.122. The Morgan fingerprint density at radius 2 is 1.83 bits per heavy atom. The minimum Gasteiger partial charge on any atom is -0.486 e. The summed E-state index contributed by atoms with van der Waals surface area (Å²) in [5, 5.41) is 9.00. The molecule has 1 atom stereocenters. The van der Waals surface area contributed by atoms with Crippen LogP contribution in [0.2, 0.25) is 0 Å². The summed E-state index contributed by atoms with van der Waals surface area (Å²) in [6.45, 7) is 5.60. The van der Waals surface area contributed by atoms with Crippen molar-refractivity contribution in [3.8, 4) is 5.75 Å². The van der Waals surface area contributed by atoms with Crippen molar-refractivity contribution in [2.24, 2.45) is 4.99 Å². The predicted molar refractivity (Wildman–Crippen MR) is 114 cm³/mol. The number of rotatable bonds is 10. The highest BCUT2D eigenvalue weighted by Crippen LogP contribution is 2.16. The average Bonchev–Trinajstić information content (AvgIpc) is 2.71. The number of para-hydroxylation sites is 1. The molecule has 2 rings (SSSR count). The number of aliphatic imine (C=N–C) groups is 1. The molecule has 0 spiro atoms. The Kier molecular flexibility index (Phi) is 9.57. The van der Waals surface area contributed by atoms with E-state index in [2.05, 4.69) is 20.9 Å². The van der Waals surface area contributed by atoms with Crippen LogP contribution in [0.3, 0.4) is 0 Å². The maximum Gasteiger partial charge on any atom is 0.224 e. The van der Waals surface area contributed by atoms with E-state index >= 15 is 0 Å². The van der Waals surface area contributed by atoms with Gasteiger partial charge >= 0.3 is 0 Å². The lowest BCUT2D eigenvalue weighted by Gasteiger charge is -2.15. The Morgan fingerprint density at radius 3 is 2.57 bits per heavy atom. The Balaban J connectivity index is 1.73. The molecule has 2 aromatic carbocycles. The molecular weight excluding hydrogens is 390 g/mol. The van der Waals surface area contributed by atoms with Crippen molar-refractivity contribution in [2.45, 2.75) is 26.4 Å². The van der Waals surface area contributed by atoms with Gasteiger partial charge in [-0.15, -0.1) is 0 Å². The van der Waals surface area contributed by atoms with Gasteiger partial charge in [-0.2, -0.15) is 0 Å². The van der Waals surface area contributed by atoms with Crippen LogP contribution in [0, 0.1) is 11.6 Å². The van der Waals surface area contributed by atoms with Gasteiger partial charge in [-0.1, -0.05) is 24.3 Å². The summed E-state index contributed by atoms with van der Waals surface area (Å²) in [5.41, 5.74) is 0.624. The van der Waals surface area contributed by atoms with Gasteiger partial charge in [0.2, 0.25) is 5.91 Å². The molecule has 0 aliphatic rings. The molecule has 0 aromatic heterocycles. The maximum atomic E-state index is 13.7. The number of halogens is 2. The molecule has 3 N–H and O–H groups in total. The van der Waals surface area contributed by atoms with Crippen LogP contribution in [-0.4, -0.2) is 44.1 Å². The topological polar surface area (TPSA) is 74.8 Å². The maximum absolute atomic E-state index is 13.7. The monoisotopic (exact) mass is 418 g/mol. The fraction of sp³-hybridized carbons (Fsp3) is 0.364. The molecule has 1 amide bonds. The molecule has 0 saturated heterocycles. The molecule has 0 saturated carbocycles. The van der Waals surface area contributed by atoms with Gasteiger partial charge in [-0.25, -0.2) is 13.8 Å². The molecule has 0 bridgehead atoms. The summed E-state index contributed by atoms with van der Waals surface area (Å²) >= 11 is 0. The first-order valence-corrected chi connectivity index (χ1v) is 9.92. The first-order valence-electron chi connectivity index (χ1n) is 9.92. The second kappa shape index (κ2) is 12.4. The van der Waals surface area contributed by atoms with Crippen LogP contribution in [0.15, 0.2) is 53.5 Å². The molecule has 0 aliphatic heterocycles.